The van der Waals surface area contributed by atoms with Gasteiger partial charge in [0.15, 0.2) is 0 Å². The van der Waals surface area contributed by atoms with E-state index in [-0.39, 0.29) is 5.91 Å². The quantitative estimate of drug-likeness (QED) is 0.814. The molecule has 1 fully saturated rings. The zero-order valence-corrected chi connectivity index (χ0v) is 12.5. The third kappa shape index (κ3) is 3.50. The molecule has 20 heavy (non-hydrogen) atoms. The monoisotopic (exact) mass is 280 g/mol. The summed E-state index contributed by atoms with van der Waals surface area (Å²) in [4.78, 5) is 15.2. The highest BCUT2D eigenvalue weighted by Crippen LogP contribution is 2.17. The summed E-state index contributed by atoms with van der Waals surface area (Å²) < 4.78 is 0. The first-order chi connectivity index (χ1) is 9.47. The Kier molecular flexibility index (Phi) is 4.65. The molecule has 1 amide bonds. The lowest BCUT2D eigenvalue weighted by Gasteiger charge is -2.24. The molecule has 1 unspecified atom stereocenters. The van der Waals surface area contributed by atoms with Crippen LogP contribution in [0.5, 0.6) is 0 Å². The number of nitrogens with zero attached hydrogens (tertiary/aromatic N) is 3. The Morgan fingerprint density at radius 3 is 2.85 bits per heavy atom. The van der Waals surface area contributed by atoms with Crippen LogP contribution in [0.25, 0.3) is 0 Å². The van der Waals surface area contributed by atoms with Crippen LogP contribution in [0.2, 0.25) is 0 Å². The van der Waals surface area contributed by atoms with Crippen molar-refractivity contribution in [1.29, 1.82) is 0 Å². The lowest BCUT2D eigenvalue weighted by molar-refractivity contribution is -0.128. The van der Waals surface area contributed by atoms with Gasteiger partial charge in [0, 0.05) is 44.9 Å². The average Bonchev–Trinajstić information content (AvgIpc) is 2.99. The van der Waals surface area contributed by atoms with Gasteiger partial charge in [-0.3, -0.25) is 9.89 Å². The topological polar surface area (TPSA) is 72.5 Å². The van der Waals surface area contributed by atoms with Gasteiger partial charge in [-0.2, -0.15) is 5.10 Å². The van der Waals surface area contributed by atoms with Crippen LogP contribution >= 0.6 is 0 Å². The molecule has 0 bridgehead atoms. The highest BCUT2D eigenvalue weighted by atomic mass is 16.3. The second kappa shape index (κ2) is 6.26. The number of anilines is 1. The normalized spacial score (nSPS) is 17.1. The van der Waals surface area contributed by atoms with Gasteiger partial charge >= 0.3 is 0 Å². The molecule has 1 atom stereocenters. The summed E-state index contributed by atoms with van der Waals surface area (Å²) in [5.41, 5.74) is 1.08. The van der Waals surface area contributed by atoms with E-state index in [1.165, 1.54) is 0 Å². The molecule has 6 heteroatoms. The van der Waals surface area contributed by atoms with Gasteiger partial charge in [0.25, 0.3) is 0 Å². The number of likely N-dealkylation sites (tertiary alicyclic amines) is 1. The van der Waals surface area contributed by atoms with E-state index in [9.17, 15) is 9.90 Å². The van der Waals surface area contributed by atoms with Crippen molar-refractivity contribution in [2.75, 3.05) is 31.6 Å². The van der Waals surface area contributed by atoms with E-state index in [1.807, 2.05) is 18.0 Å². The van der Waals surface area contributed by atoms with E-state index in [4.69, 9.17) is 0 Å². The number of aromatic nitrogens is 2. The van der Waals surface area contributed by atoms with Crippen LogP contribution in [0.1, 0.15) is 38.3 Å². The maximum Gasteiger partial charge on any atom is 0.222 e. The largest absolute Gasteiger partial charge is 0.389 e. The maximum atomic E-state index is 11.5. The number of amides is 1. The smallest absolute Gasteiger partial charge is 0.222 e. The molecule has 2 N–H and O–H groups in total. The minimum absolute atomic E-state index is 0.147. The van der Waals surface area contributed by atoms with E-state index in [1.54, 1.807) is 4.90 Å². The molecule has 1 aromatic heterocycles. The zero-order chi connectivity index (χ0) is 14.7. The first kappa shape index (κ1) is 14.8. The molecule has 1 aliphatic heterocycles. The van der Waals surface area contributed by atoms with Crippen LogP contribution < -0.4 is 4.90 Å². The number of rotatable bonds is 6. The Labute approximate surface area is 119 Å². The Bertz CT molecular complexity index is 458. The van der Waals surface area contributed by atoms with Crippen LogP contribution in [-0.4, -0.2) is 58.9 Å². The molecule has 1 aliphatic rings. The lowest BCUT2D eigenvalue weighted by Crippen LogP contribution is -2.39. The van der Waals surface area contributed by atoms with Gasteiger partial charge in [0.2, 0.25) is 5.91 Å². The Morgan fingerprint density at radius 2 is 2.30 bits per heavy atom. The molecule has 0 spiro atoms. The van der Waals surface area contributed by atoms with Crippen molar-refractivity contribution in [1.82, 2.24) is 15.1 Å². The number of aliphatic hydroxyl groups excluding tert-OH is 1. The number of β-amino-alcohol motifs (C(OH)–C–C–N with tert-alkyl or cyclic N) is 1. The van der Waals surface area contributed by atoms with Gasteiger partial charge in [0.1, 0.15) is 5.82 Å². The first-order valence-corrected chi connectivity index (χ1v) is 7.19. The summed E-state index contributed by atoms with van der Waals surface area (Å²) in [6.07, 6.45) is 0.958. The van der Waals surface area contributed by atoms with E-state index < -0.39 is 6.10 Å². The number of carbonyl (C=O) groups is 1. The number of carbonyl (C=O) groups excluding carboxylic acids is 1. The molecule has 0 aliphatic carbocycles. The number of likely N-dealkylation sites (N-methyl/N-ethyl adjacent to an activating group) is 1. The minimum atomic E-state index is -0.554. The minimum Gasteiger partial charge on any atom is -0.389 e. The third-order valence-electron chi connectivity index (χ3n) is 3.68. The maximum absolute atomic E-state index is 11.5. The summed E-state index contributed by atoms with van der Waals surface area (Å²) in [6, 6.07) is 2.00. The number of hydrogen-bond donors (Lipinski definition) is 2. The Balaban J connectivity index is 1.86. The average molecular weight is 280 g/mol. The highest BCUT2D eigenvalue weighted by Gasteiger charge is 2.23. The zero-order valence-electron chi connectivity index (χ0n) is 12.5. The van der Waals surface area contributed by atoms with Crippen molar-refractivity contribution in [3.63, 3.8) is 0 Å². The summed E-state index contributed by atoms with van der Waals surface area (Å²) in [6.45, 7) is 5.84. The van der Waals surface area contributed by atoms with Crippen LogP contribution in [0, 0.1) is 0 Å². The van der Waals surface area contributed by atoms with Gasteiger partial charge in [-0.15, -0.1) is 0 Å². The number of nitrogens with one attached hydrogen (secondary N) is 1. The van der Waals surface area contributed by atoms with Crippen molar-refractivity contribution < 1.29 is 9.90 Å². The predicted molar refractivity (Wildman–Crippen MR) is 77.8 cm³/mol. The molecular weight excluding hydrogens is 256 g/mol. The standard InChI is InChI=1S/C14H24N4O2/c1-10(2)12-7-13(16-15-12)17(3)8-11(19)9-18-6-4-5-14(18)20/h7,10-11,19H,4-6,8-9H2,1-3H3,(H,15,16). The van der Waals surface area contributed by atoms with Crippen LogP contribution in [0.3, 0.4) is 0 Å². The summed E-state index contributed by atoms with van der Waals surface area (Å²) in [5.74, 6) is 1.37. The number of hydrogen-bond acceptors (Lipinski definition) is 4. The van der Waals surface area contributed by atoms with Gasteiger partial charge in [-0.1, -0.05) is 13.8 Å². The van der Waals surface area contributed by atoms with Crippen molar-refractivity contribution in [3.8, 4) is 0 Å². The predicted octanol–water partition coefficient (Wildman–Crippen LogP) is 0.953. The third-order valence-corrected chi connectivity index (χ3v) is 3.68. The number of aliphatic hydroxyl groups is 1. The van der Waals surface area contributed by atoms with E-state index >= 15 is 0 Å². The summed E-state index contributed by atoms with van der Waals surface area (Å²) in [5, 5.41) is 17.3. The lowest BCUT2D eigenvalue weighted by atomic mass is 10.1. The van der Waals surface area contributed by atoms with Crippen LogP contribution in [0.4, 0.5) is 5.82 Å². The molecule has 2 heterocycles. The van der Waals surface area contributed by atoms with Crippen LogP contribution in [0.15, 0.2) is 6.07 Å². The number of aromatic amines is 1. The molecule has 1 saturated heterocycles. The Hall–Kier alpha value is -1.56. The molecule has 0 aromatic carbocycles. The molecule has 0 saturated carbocycles. The SMILES string of the molecule is CC(C)c1cc(N(C)CC(O)CN2CCCC2=O)n[nH]1. The van der Waals surface area contributed by atoms with Gasteiger partial charge in [-0.05, 0) is 12.3 Å². The number of H-pyrrole nitrogens is 1. The van der Waals surface area contributed by atoms with Crippen molar-refractivity contribution in [2.24, 2.45) is 0 Å². The van der Waals surface area contributed by atoms with E-state index in [2.05, 4.69) is 24.0 Å². The van der Waals surface area contributed by atoms with Crippen LogP contribution in [-0.2, 0) is 4.79 Å². The Morgan fingerprint density at radius 1 is 1.55 bits per heavy atom. The van der Waals surface area contributed by atoms with Gasteiger partial charge < -0.3 is 14.9 Å². The van der Waals surface area contributed by atoms with Gasteiger partial charge in [-0.25, -0.2) is 0 Å². The molecule has 0 radical (unpaired) electrons. The molecule has 6 nitrogen and oxygen atoms in total. The summed E-state index contributed by atoms with van der Waals surface area (Å²) in [7, 11) is 1.90. The molecular formula is C14H24N4O2. The van der Waals surface area contributed by atoms with E-state index in [0.29, 0.717) is 25.4 Å². The second-order valence-electron chi connectivity index (χ2n) is 5.81. The molecule has 112 valence electrons. The molecule has 1 aromatic rings. The van der Waals surface area contributed by atoms with Gasteiger partial charge in [0.05, 0.1) is 6.10 Å². The van der Waals surface area contributed by atoms with Crippen molar-refractivity contribution in [2.45, 2.75) is 38.7 Å². The molecule has 2 rings (SSSR count). The second-order valence-corrected chi connectivity index (χ2v) is 5.81. The van der Waals surface area contributed by atoms with Crippen molar-refractivity contribution >= 4 is 11.7 Å². The van der Waals surface area contributed by atoms with E-state index in [0.717, 1.165) is 24.5 Å². The highest BCUT2D eigenvalue weighted by molar-refractivity contribution is 5.78. The summed E-state index contributed by atoms with van der Waals surface area (Å²) >= 11 is 0. The fourth-order valence-corrected chi connectivity index (χ4v) is 2.44. The first-order valence-electron chi connectivity index (χ1n) is 7.19. The fraction of sp³-hybridized carbons (Fsp3) is 0.714. The fourth-order valence-electron chi connectivity index (χ4n) is 2.44. The van der Waals surface area contributed by atoms with Crippen molar-refractivity contribution in [3.05, 3.63) is 11.8 Å².